The molecule has 0 radical (unpaired) electrons. The van der Waals surface area contributed by atoms with Crippen LogP contribution in [0.5, 0.6) is 0 Å². The standard InChI is InChI=1S/C8H9NO3/c10-6-7-4-2-1-3-5-8(7)9(11)12/h4-6H,1-3H2. The lowest BCUT2D eigenvalue weighted by Crippen LogP contribution is -2.02. The monoisotopic (exact) mass is 167 g/mol. The lowest BCUT2D eigenvalue weighted by molar-refractivity contribution is -0.420. The van der Waals surface area contributed by atoms with Crippen LogP contribution < -0.4 is 0 Å². The number of hydrogen-bond acceptors (Lipinski definition) is 3. The Morgan fingerprint density at radius 1 is 1.42 bits per heavy atom. The summed E-state index contributed by atoms with van der Waals surface area (Å²) in [6, 6.07) is 0. The van der Waals surface area contributed by atoms with Gasteiger partial charge in [0.05, 0.1) is 10.5 Å². The molecule has 0 N–H and O–H groups in total. The molecule has 0 aromatic heterocycles. The van der Waals surface area contributed by atoms with Gasteiger partial charge in [0.2, 0.25) is 0 Å². The van der Waals surface area contributed by atoms with Gasteiger partial charge in [0, 0.05) is 0 Å². The van der Waals surface area contributed by atoms with Crippen molar-refractivity contribution in [2.45, 2.75) is 19.3 Å². The van der Waals surface area contributed by atoms with Gasteiger partial charge in [0.25, 0.3) is 5.70 Å². The fourth-order valence-corrected chi connectivity index (χ4v) is 1.13. The van der Waals surface area contributed by atoms with Crippen molar-refractivity contribution in [1.82, 2.24) is 0 Å². The number of aldehydes is 1. The van der Waals surface area contributed by atoms with Crippen LogP contribution in [0.3, 0.4) is 0 Å². The van der Waals surface area contributed by atoms with Crippen LogP contribution in [0.4, 0.5) is 0 Å². The molecular weight excluding hydrogens is 158 g/mol. The maximum atomic E-state index is 10.4. The highest BCUT2D eigenvalue weighted by molar-refractivity contribution is 5.78. The second-order valence-electron chi connectivity index (χ2n) is 2.55. The Bertz CT molecular complexity index is 265. The van der Waals surface area contributed by atoms with Crippen molar-refractivity contribution < 1.29 is 9.72 Å². The summed E-state index contributed by atoms with van der Waals surface area (Å²) < 4.78 is 0. The summed E-state index contributed by atoms with van der Waals surface area (Å²) in [5.41, 5.74) is 0.153. The maximum absolute atomic E-state index is 10.4. The molecule has 0 spiro atoms. The molecule has 0 aromatic carbocycles. The van der Waals surface area contributed by atoms with E-state index in [0.717, 1.165) is 12.8 Å². The van der Waals surface area contributed by atoms with Crippen LogP contribution in [0.15, 0.2) is 23.4 Å². The molecule has 0 bridgehead atoms. The average Bonchev–Trinajstić information content (AvgIpc) is 2.27. The van der Waals surface area contributed by atoms with Crippen molar-refractivity contribution in [2.24, 2.45) is 0 Å². The number of allylic oxidation sites excluding steroid dienone is 3. The number of nitrogens with zero attached hydrogens (tertiary/aromatic N) is 1. The van der Waals surface area contributed by atoms with E-state index in [-0.39, 0.29) is 11.3 Å². The first-order valence-electron chi connectivity index (χ1n) is 3.76. The number of nitro groups is 1. The Kier molecular flexibility index (Phi) is 2.74. The minimum atomic E-state index is -0.508. The van der Waals surface area contributed by atoms with Gasteiger partial charge in [-0.3, -0.25) is 14.9 Å². The van der Waals surface area contributed by atoms with Crippen molar-refractivity contribution in [1.29, 1.82) is 0 Å². The quantitative estimate of drug-likeness (QED) is 0.355. The van der Waals surface area contributed by atoms with Crippen LogP contribution in [-0.4, -0.2) is 11.2 Å². The molecule has 1 aliphatic carbocycles. The lowest BCUT2D eigenvalue weighted by Gasteiger charge is -1.93. The lowest BCUT2D eigenvalue weighted by atomic mass is 10.2. The first-order chi connectivity index (χ1) is 5.75. The van der Waals surface area contributed by atoms with Gasteiger partial charge in [-0.2, -0.15) is 0 Å². The molecule has 0 aromatic rings. The van der Waals surface area contributed by atoms with Gasteiger partial charge in [-0.1, -0.05) is 6.08 Å². The average molecular weight is 167 g/mol. The first-order valence-corrected chi connectivity index (χ1v) is 3.76. The Balaban J connectivity index is 2.97. The number of carbonyl (C=O) groups excluding carboxylic acids is 1. The predicted molar refractivity (Wildman–Crippen MR) is 43.1 cm³/mol. The zero-order valence-corrected chi connectivity index (χ0v) is 6.53. The summed E-state index contributed by atoms with van der Waals surface area (Å²) in [6.45, 7) is 0. The van der Waals surface area contributed by atoms with Crippen LogP contribution in [0.25, 0.3) is 0 Å². The first kappa shape index (κ1) is 8.64. The van der Waals surface area contributed by atoms with E-state index in [1.165, 1.54) is 6.08 Å². The zero-order valence-electron chi connectivity index (χ0n) is 6.53. The van der Waals surface area contributed by atoms with Gasteiger partial charge in [-0.25, -0.2) is 0 Å². The fraction of sp³-hybridized carbons (Fsp3) is 0.375. The van der Waals surface area contributed by atoms with E-state index < -0.39 is 4.92 Å². The summed E-state index contributed by atoms with van der Waals surface area (Å²) >= 11 is 0. The van der Waals surface area contributed by atoms with Gasteiger partial charge in [-0.05, 0) is 25.3 Å². The maximum Gasteiger partial charge on any atom is 0.275 e. The fourth-order valence-electron chi connectivity index (χ4n) is 1.13. The van der Waals surface area contributed by atoms with Gasteiger partial charge in [0.1, 0.15) is 0 Å². The second-order valence-corrected chi connectivity index (χ2v) is 2.55. The largest absolute Gasteiger partial charge is 0.298 e. The van der Waals surface area contributed by atoms with Crippen molar-refractivity contribution in [3.8, 4) is 0 Å². The number of carbonyl (C=O) groups is 1. The van der Waals surface area contributed by atoms with E-state index >= 15 is 0 Å². The minimum absolute atomic E-state index is 0.0532. The normalized spacial score (nSPS) is 17.3. The van der Waals surface area contributed by atoms with Crippen LogP contribution in [0.1, 0.15) is 19.3 Å². The van der Waals surface area contributed by atoms with E-state index in [4.69, 9.17) is 0 Å². The summed E-state index contributed by atoms with van der Waals surface area (Å²) in [5.74, 6) is 0. The Morgan fingerprint density at radius 2 is 2.08 bits per heavy atom. The van der Waals surface area contributed by atoms with Crippen molar-refractivity contribution in [3.63, 3.8) is 0 Å². The van der Waals surface area contributed by atoms with E-state index in [1.54, 1.807) is 6.08 Å². The molecule has 12 heavy (non-hydrogen) atoms. The van der Waals surface area contributed by atoms with Crippen LogP contribution in [-0.2, 0) is 4.79 Å². The Morgan fingerprint density at radius 3 is 2.67 bits per heavy atom. The highest BCUT2D eigenvalue weighted by atomic mass is 16.6. The van der Waals surface area contributed by atoms with Crippen LogP contribution >= 0.6 is 0 Å². The molecular formula is C8H9NO3. The molecule has 4 heteroatoms. The van der Waals surface area contributed by atoms with Crippen molar-refractivity contribution in [3.05, 3.63) is 33.5 Å². The highest BCUT2D eigenvalue weighted by Crippen LogP contribution is 2.16. The zero-order chi connectivity index (χ0) is 8.97. The van der Waals surface area contributed by atoms with E-state index in [0.29, 0.717) is 12.7 Å². The molecule has 0 saturated carbocycles. The van der Waals surface area contributed by atoms with Gasteiger partial charge < -0.3 is 0 Å². The summed E-state index contributed by atoms with van der Waals surface area (Å²) in [4.78, 5) is 20.3. The third-order valence-corrected chi connectivity index (χ3v) is 1.73. The molecule has 1 rings (SSSR count). The van der Waals surface area contributed by atoms with Gasteiger partial charge in [0.15, 0.2) is 6.29 Å². The highest BCUT2D eigenvalue weighted by Gasteiger charge is 2.17. The third kappa shape index (κ3) is 1.78. The number of rotatable bonds is 2. The molecule has 0 unspecified atom stereocenters. The summed E-state index contributed by atoms with van der Waals surface area (Å²) in [5, 5.41) is 10.4. The third-order valence-electron chi connectivity index (χ3n) is 1.73. The minimum Gasteiger partial charge on any atom is -0.298 e. The molecule has 0 saturated heterocycles. The van der Waals surface area contributed by atoms with Gasteiger partial charge >= 0.3 is 0 Å². The summed E-state index contributed by atoms with van der Waals surface area (Å²) in [6.07, 6.45) is 5.95. The Labute approximate surface area is 69.7 Å². The van der Waals surface area contributed by atoms with Gasteiger partial charge in [-0.15, -0.1) is 0 Å². The van der Waals surface area contributed by atoms with Crippen LogP contribution in [0.2, 0.25) is 0 Å². The molecule has 0 aliphatic heterocycles. The molecule has 64 valence electrons. The topological polar surface area (TPSA) is 60.2 Å². The predicted octanol–water partition coefficient (Wildman–Crippen LogP) is 1.46. The second kappa shape index (κ2) is 3.80. The molecule has 0 heterocycles. The smallest absolute Gasteiger partial charge is 0.275 e. The Hall–Kier alpha value is -1.45. The van der Waals surface area contributed by atoms with E-state index in [1.807, 2.05) is 0 Å². The van der Waals surface area contributed by atoms with Crippen molar-refractivity contribution >= 4 is 6.29 Å². The molecule has 0 amide bonds. The SMILES string of the molecule is O=CC1=CCCCC=C1[N+](=O)[O-]. The van der Waals surface area contributed by atoms with E-state index in [9.17, 15) is 14.9 Å². The molecule has 0 atom stereocenters. The van der Waals surface area contributed by atoms with E-state index in [2.05, 4.69) is 0 Å². The molecule has 4 nitrogen and oxygen atoms in total. The molecule has 1 aliphatic rings. The van der Waals surface area contributed by atoms with Crippen molar-refractivity contribution in [2.75, 3.05) is 0 Å². The number of hydrogen-bond donors (Lipinski definition) is 0. The molecule has 0 fully saturated rings. The summed E-state index contributed by atoms with van der Waals surface area (Å²) in [7, 11) is 0. The van der Waals surface area contributed by atoms with Crippen LogP contribution in [0, 0.1) is 10.1 Å².